The average Bonchev–Trinajstić information content (AvgIpc) is 1.01. The Balaban J connectivity index is 0.849. The summed E-state index contributed by atoms with van der Waals surface area (Å²) in [5, 5.41) is 4.90. The molecule has 0 radical (unpaired) electrons. The van der Waals surface area contributed by atoms with E-state index in [1.54, 1.807) is 0 Å². The first-order chi connectivity index (χ1) is 42.3. The molecule has 0 fully saturated rings. The van der Waals surface area contributed by atoms with Gasteiger partial charge in [-0.2, -0.15) is 0 Å². The summed E-state index contributed by atoms with van der Waals surface area (Å²) in [5.74, 6) is 0. The molecule has 14 rings (SSSR count). The van der Waals surface area contributed by atoms with Gasteiger partial charge in [0.25, 0.3) is 0 Å². The number of para-hydroxylation sites is 2. The molecule has 0 atom stereocenters. The number of hydrogen-bond acceptors (Lipinski definition) is 2. The van der Waals surface area contributed by atoms with E-state index in [0.717, 1.165) is 45.3 Å². The summed E-state index contributed by atoms with van der Waals surface area (Å²) in [6.45, 7) is 9.01. The van der Waals surface area contributed by atoms with Gasteiger partial charge in [-0.25, -0.2) is 0 Å². The lowest BCUT2D eigenvalue weighted by atomic mass is 9.94. The molecule has 2 heteroatoms. The number of anilines is 6. The van der Waals surface area contributed by atoms with Gasteiger partial charge >= 0.3 is 0 Å². The van der Waals surface area contributed by atoms with E-state index in [9.17, 15) is 0 Å². The quantitative estimate of drug-likeness (QED) is 0.114. The second-order valence-electron chi connectivity index (χ2n) is 22.7. The first kappa shape index (κ1) is 53.2. The molecule has 14 aromatic carbocycles. The van der Waals surface area contributed by atoms with Gasteiger partial charge in [-0.15, -0.1) is 0 Å². The molecule has 0 saturated carbocycles. The minimum absolute atomic E-state index is 1.09. The van der Waals surface area contributed by atoms with Gasteiger partial charge in [0.05, 0.1) is 11.4 Å². The summed E-state index contributed by atoms with van der Waals surface area (Å²) in [5.41, 5.74) is 28.1. The molecule has 0 heterocycles. The molecular weight excluding hydrogens is 1040 g/mol. The van der Waals surface area contributed by atoms with Crippen LogP contribution in [0.15, 0.2) is 315 Å². The van der Waals surface area contributed by atoms with Gasteiger partial charge in [0.2, 0.25) is 0 Å². The Hall–Kier alpha value is -10.8. The van der Waals surface area contributed by atoms with Crippen molar-refractivity contribution in [1.29, 1.82) is 0 Å². The number of rotatable bonds is 13. The zero-order valence-corrected chi connectivity index (χ0v) is 48.9. The van der Waals surface area contributed by atoms with Crippen molar-refractivity contribution in [3.05, 3.63) is 338 Å². The van der Waals surface area contributed by atoms with Crippen molar-refractivity contribution in [2.45, 2.75) is 27.7 Å². The molecule has 0 unspecified atom stereocenters. The van der Waals surface area contributed by atoms with Crippen molar-refractivity contribution in [1.82, 2.24) is 0 Å². The van der Waals surface area contributed by atoms with E-state index in [0.29, 0.717) is 0 Å². The number of benzene rings is 14. The summed E-state index contributed by atoms with van der Waals surface area (Å²) >= 11 is 0. The molecule has 0 spiro atoms. The molecule has 0 aliphatic rings. The number of hydrogen-bond donors (Lipinski definition) is 0. The van der Waals surface area contributed by atoms with Crippen LogP contribution in [0.25, 0.3) is 99.4 Å². The summed E-state index contributed by atoms with van der Waals surface area (Å²) < 4.78 is 0. The zero-order valence-electron chi connectivity index (χ0n) is 48.9. The van der Waals surface area contributed by atoms with E-state index in [1.165, 1.54) is 111 Å². The van der Waals surface area contributed by atoms with Gasteiger partial charge in [0, 0.05) is 33.9 Å². The second kappa shape index (κ2) is 23.1. The molecule has 0 aliphatic heterocycles. The van der Waals surface area contributed by atoms with Crippen LogP contribution in [0.3, 0.4) is 0 Å². The smallest absolute Gasteiger partial charge is 0.0569 e. The van der Waals surface area contributed by atoms with Crippen molar-refractivity contribution in [3.63, 3.8) is 0 Å². The molecule has 86 heavy (non-hydrogen) atoms. The minimum Gasteiger partial charge on any atom is -0.309 e. The maximum atomic E-state index is 2.48. The van der Waals surface area contributed by atoms with Crippen LogP contribution < -0.4 is 9.80 Å². The third-order valence-corrected chi connectivity index (χ3v) is 17.2. The van der Waals surface area contributed by atoms with E-state index in [2.05, 4.69) is 353 Å². The maximum absolute atomic E-state index is 2.48. The van der Waals surface area contributed by atoms with Crippen LogP contribution in [-0.2, 0) is 0 Å². The standard InChI is InChI=1S/C84H64N2/c1-57-17-15-27-79(75-39-37-63-23-11-13-25-71(63)55-75)83(57)85(77-47-41-69(42-48-77)67-33-29-65(30-34-67)61-19-7-5-8-20-61)81-51-45-73(53-59(81)3)74-46-52-82(60(4)54-74)86(84-58(2)18-16-28-80(84)76-40-38-64-24-12-14-26-72(64)56-76)78-49-43-70(44-50-78)68-35-31-66(32-36-68)62-21-9-6-10-22-62/h5-56H,1-4H3. The molecule has 0 N–H and O–H groups in total. The van der Waals surface area contributed by atoms with E-state index < -0.39 is 0 Å². The van der Waals surface area contributed by atoms with Gasteiger partial charge in [0.15, 0.2) is 0 Å². The second-order valence-corrected chi connectivity index (χ2v) is 22.7. The predicted molar refractivity (Wildman–Crippen MR) is 368 cm³/mol. The van der Waals surface area contributed by atoms with Crippen molar-refractivity contribution >= 4 is 55.7 Å². The molecule has 2 nitrogen and oxygen atoms in total. The first-order valence-corrected chi connectivity index (χ1v) is 29.8. The highest BCUT2D eigenvalue weighted by Gasteiger charge is 2.24. The average molecular weight is 1100 g/mol. The van der Waals surface area contributed by atoms with E-state index >= 15 is 0 Å². The SMILES string of the molecule is Cc1cc(-c2ccc(N(c3ccc(-c4ccc(-c5ccccc5)cc4)cc3)c3c(C)cccc3-c3ccc4ccccc4c3)c(C)c2)ccc1N(c1ccc(-c2ccc(-c3ccccc3)cc2)cc1)c1c(C)cccc1-c1ccc2ccccc2c1. The Morgan fingerprint density at radius 3 is 0.826 bits per heavy atom. The van der Waals surface area contributed by atoms with Crippen LogP contribution in [0.4, 0.5) is 34.1 Å². The van der Waals surface area contributed by atoms with Gasteiger partial charge < -0.3 is 9.80 Å². The van der Waals surface area contributed by atoms with Gasteiger partial charge in [-0.05, 0) is 199 Å². The Labute approximate surface area is 505 Å². The third-order valence-electron chi connectivity index (χ3n) is 17.2. The lowest BCUT2D eigenvalue weighted by Crippen LogP contribution is -2.14. The van der Waals surface area contributed by atoms with Crippen LogP contribution in [0.5, 0.6) is 0 Å². The summed E-state index contributed by atoms with van der Waals surface area (Å²) in [7, 11) is 0. The van der Waals surface area contributed by atoms with Crippen molar-refractivity contribution < 1.29 is 0 Å². The minimum atomic E-state index is 1.09. The van der Waals surface area contributed by atoms with Crippen molar-refractivity contribution in [2.24, 2.45) is 0 Å². The maximum Gasteiger partial charge on any atom is 0.0569 e. The van der Waals surface area contributed by atoms with E-state index in [-0.39, 0.29) is 0 Å². The van der Waals surface area contributed by atoms with Crippen LogP contribution >= 0.6 is 0 Å². The van der Waals surface area contributed by atoms with Crippen LogP contribution in [0.1, 0.15) is 22.3 Å². The summed E-state index contributed by atoms with van der Waals surface area (Å²) in [4.78, 5) is 4.96. The molecule has 410 valence electrons. The topological polar surface area (TPSA) is 6.48 Å². The number of nitrogens with zero attached hydrogens (tertiary/aromatic N) is 2. The lowest BCUT2D eigenvalue weighted by molar-refractivity contribution is 1.22. The Bertz CT molecular complexity index is 4450. The molecular formula is C84H64N2. The third kappa shape index (κ3) is 10.4. The van der Waals surface area contributed by atoms with Crippen molar-refractivity contribution in [2.75, 3.05) is 9.80 Å². The number of fused-ring (bicyclic) bond motifs is 2. The highest BCUT2D eigenvalue weighted by molar-refractivity contribution is 5.97. The summed E-state index contributed by atoms with van der Waals surface area (Å²) in [6, 6.07) is 116. The predicted octanol–water partition coefficient (Wildman–Crippen LogP) is 23.8. The fraction of sp³-hybridized carbons (Fsp3) is 0.0476. The fourth-order valence-corrected chi connectivity index (χ4v) is 12.6. The fourth-order valence-electron chi connectivity index (χ4n) is 12.6. The van der Waals surface area contributed by atoms with Crippen molar-refractivity contribution in [3.8, 4) is 77.9 Å². The van der Waals surface area contributed by atoms with Crippen LogP contribution in [0, 0.1) is 27.7 Å². The Kier molecular flexibility index (Phi) is 14.3. The summed E-state index contributed by atoms with van der Waals surface area (Å²) in [6.07, 6.45) is 0. The van der Waals surface area contributed by atoms with Crippen LogP contribution in [-0.4, -0.2) is 0 Å². The Morgan fingerprint density at radius 1 is 0.186 bits per heavy atom. The van der Waals surface area contributed by atoms with Gasteiger partial charge in [0.1, 0.15) is 0 Å². The highest BCUT2D eigenvalue weighted by Crippen LogP contribution is 2.48. The molecule has 0 aliphatic carbocycles. The molecule has 0 aromatic heterocycles. The van der Waals surface area contributed by atoms with Gasteiger partial charge in [-0.1, -0.05) is 255 Å². The number of aryl methyl sites for hydroxylation is 4. The largest absolute Gasteiger partial charge is 0.309 e. The van der Waals surface area contributed by atoms with Crippen LogP contribution in [0.2, 0.25) is 0 Å². The molecule has 14 aromatic rings. The van der Waals surface area contributed by atoms with E-state index in [1.807, 2.05) is 0 Å². The first-order valence-electron chi connectivity index (χ1n) is 29.8. The Morgan fingerprint density at radius 2 is 0.477 bits per heavy atom. The lowest BCUT2D eigenvalue weighted by Gasteiger charge is -2.32. The zero-order chi connectivity index (χ0) is 58.1. The van der Waals surface area contributed by atoms with Gasteiger partial charge in [-0.3, -0.25) is 0 Å². The molecule has 0 bridgehead atoms. The van der Waals surface area contributed by atoms with E-state index in [4.69, 9.17) is 0 Å². The molecule has 0 amide bonds. The highest BCUT2D eigenvalue weighted by atomic mass is 15.2. The normalized spacial score (nSPS) is 11.3. The molecule has 0 saturated heterocycles. The monoisotopic (exact) mass is 1100 g/mol.